The van der Waals surface area contributed by atoms with Gasteiger partial charge in [0.15, 0.2) is 6.10 Å². The Bertz CT molecular complexity index is 1180. The van der Waals surface area contributed by atoms with Crippen LogP contribution in [0.4, 0.5) is 0 Å². The van der Waals surface area contributed by atoms with Crippen LogP contribution in [-0.4, -0.2) is 63.5 Å². The molecule has 54 heavy (non-hydrogen) atoms. The van der Waals surface area contributed by atoms with Crippen LogP contribution in [-0.2, 0) is 28.2 Å². The van der Waals surface area contributed by atoms with Crippen LogP contribution in [0.3, 0.4) is 0 Å². The van der Waals surface area contributed by atoms with Crippen LogP contribution in [0.5, 0.6) is 0 Å². The largest absolute Gasteiger partial charge is 0.469 e. The summed E-state index contributed by atoms with van der Waals surface area (Å²) in [5.74, 6) is -1.10. The van der Waals surface area contributed by atoms with Crippen LogP contribution in [0.25, 0.3) is 0 Å². The van der Waals surface area contributed by atoms with E-state index in [0.29, 0.717) is 25.7 Å². The molecule has 0 unspecified atom stereocenters. The highest BCUT2D eigenvalue weighted by molar-refractivity contribution is 7.46. The predicted molar refractivity (Wildman–Crippen MR) is 219 cm³/mol. The summed E-state index contributed by atoms with van der Waals surface area (Å²) in [6.45, 7) is 3.30. The highest BCUT2D eigenvalue weighted by Crippen LogP contribution is 2.36. The number of phosphoric acid groups is 1. The molecule has 0 aliphatic rings. The number of phosphoric ester groups is 1. The molecule has 0 aliphatic heterocycles. The smallest absolute Gasteiger partial charge is 0.462 e. The average Bonchev–Trinajstić information content (AvgIpc) is 3.14. The summed E-state index contributed by atoms with van der Waals surface area (Å²) < 4.78 is 26.2. The molecular formula is C43H71O10P. The van der Waals surface area contributed by atoms with E-state index in [4.69, 9.17) is 19.3 Å². The van der Waals surface area contributed by atoms with Crippen molar-refractivity contribution in [1.82, 2.24) is 0 Å². The van der Waals surface area contributed by atoms with Gasteiger partial charge in [-0.25, -0.2) is 4.57 Å². The van der Waals surface area contributed by atoms with E-state index in [-0.39, 0.29) is 19.4 Å². The Morgan fingerprint density at radius 1 is 0.574 bits per heavy atom. The summed E-state index contributed by atoms with van der Waals surface area (Å²) in [6.07, 6.45) is 42.0. The van der Waals surface area contributed by atoms with Crippen LogP contribution in [0.15, 0.2) is 85.1 Å². The zero-order valence-corrected chi connectivity index (χ0v) is 34.0. The summed E-state index contributed by atoms with van der Waals surface area (Å²) in [7, 11) is -4.81. The Kier molecular flexibility index (Phi) is 35.1. The lowest BCUT2D eigenvalue weighted by molar-refractivity contribution is -0.161. The molecule has 0 aliphatic carbocycles. The van der Waals surface area contributed by atoms with Gasteiger partial charge in [-0.2, -0.15) is 0 Å². The van der Waals surface area contributed by atoms with Crippen LogP contribution in [0.1, 0.15) is 142 Å². The van der Waals surface area contributed by atoms with Gasteiger partial charge in [-0.3, -0.25) is 14.1 Å². The minimum Gasteiger partial charge on any atom is -0.462 e. The van der Waals surface area contributed by atoms with E-state index < -0.39 is 44.7 Å². The number of ether oxygens (including phenoxy) is 2. The van der Waals surface area contributed by atoms with Gasteiger partial charge >= 0.3 is 19.8 Å². The Labute approximate surface area is 326 Å². The molecule has 0 aromatic rings. The number of carbonyl (C=O) groups is 2. The maximum atomic E-state index is 12.4. The number of hydrogen-bond acceptors (Lipinski definition) is 8. The molecule has 0 aromatic carbocycles. The maximum absolute atomic E-state index is 12.4. The number of unbranched alkanes of at least 4 members (excludes halogenated alkanes) is 7. The van der Waals surface area contributed by atoms with Crippen molar-refractivity contribution in [2.75, 3.05) is 13.2 Å². The zero-order chi connectivity index (χ0) is 40.0. The molecule has 0 bridgehead atoms. The molecule has 0 heterocycles. The molecule has 308 valence electrons. The monoisotopic (exact) mass is 778 g/mol. The first kappa shape index (κ1) is 51.1. The van der Waals surface area contributed by atoms with Gasteiger partial charge in [0.25, 0.3) is 0 Å². The van der Waals surface area contributed by atoms with Gasteiger partial charge in [-0.1, -0.05) is 137 Å². The van der Waals surface area contributed by atoms with Gasteiger partial charge in [-0.15, -0.1) is 0 Å². The van der Waals surface area contributed by atoms with E-state index >= 15 is 0 Å². The van der Waals surface area contributed by atoms with Crippen molar-refractivity contribution in [2.45, 2.75) is 161 Å². The molecule has 0 saturated carbocycles. The third-order valence-electron chi connectivity index (χ3n) is 8.11. The molecule has 0 rings (SSSR count). The minimum atomic E-state index is -4.81. The van der Waals surface area contributed by atoms with Gasteiger partial charge in [0.05, 0.1) is 18.8 Å². The first-order valence-corrected chi connectivity index (χ1v) is 21.6. The summed E-state index contributed by atoms with van der Waals surface area (Å²) >= 11 is 0. The molecule has 4 N–H and O–H groups in total. The average molecular weight is 779 g/mol. The summed E-state index contributed by atoms with van der Waals surface area (Å²) in [5, 5.41) is 20.3. The number of aliphatic hydroxyl groups excluding tert-OH is 2. The van der Waals surface area contributed by atoms with E-state index in [2.05, 4.69) is 79.1 Å². The van der Waals surface area contributed by atoms with Crippen LogP contribution in [0.2, 0.25) is 0 Å². The highest BCUT2D eigenvalue weighted by atomic mass is 31.2. The van der Waals surface area contributed by atoms with E-state index in [0.717, 1.165) is 77.0 Å². The lowest BCUT2D eigenvalue weighted by Gasteiger charge is -2.18. The van der Waals surface area contributed by atoms with Gasteiger partial charge in [0, 0.05) is 12.8 Å². The minimum absolute atomic E-state index is 0.0503. The van der Waals surface area contributed by atoms with Crippen molar-refractivity contribution >= 4 is 19.8 Å². The summed E-state index contributed by atoms with van der Waals surface area (Å²) in [4.78, 5) is 42.8. The van der Waals surface area contributed by atoms with Crippen molar-refractivity contribution in [2.24, 2.45) is 0 Å². The van der Waals surface area contributed by atoms with Gasteiger partial charge < -0.3 is 29.5 Å². The topological polar surface area (TPSA) is 160 Å². The zero-order valence-electron chi connectivity index (χ0n) is 33.1. The number of hydrogen-bond donors (Lipinski definition) is 4. The normalized spacial score (nSPS) is 14.6. The Balaban J connectivity index is 4.21. The molecule has 10 nitrogen and oxygen atoms in total. The fraction of sp³-hybridized carbons (Fsp3) is 0.628. The van der Waals surface area contributed by atoms with Crippen molar-refractivity contribution in [3.8, 4) is 0 Å². The van der Waals surface area contributed by atoms with Crippen molar-refractivity contribution in [3.63, 3.8) is 0 Å². The van der Waals surface area contributed by atoms with Crippen LogP contribution >= 0.6 is 7.82 Å². The van der Waals surface area contributed by atoms with Gasteiger partial charge in [0.2, 0.25) is 0 Å². The second-order valence-electron chi connectivity index (χ2n) is 13.2. The molecule has 0 fully saturated rings. The van der Waals surface area contributed by atoms with Gasteiger partial charge in [-0.05, 0) is 77.0 Å². The molecular weight excluding hydrogens is 707 g/mol. The second-order valence-corrected chi connectivity index (χ2v) is 14.4. The Hall–Kier alpha value is -2.85. The molecule has 0 saturated heterocycles. The quantitative estimate of drug-likeness (QED) is 0.0211. The Morgan fingerprint density at radius 3 is 1.69 bits per heavy atom. The first-order chi connectivity index (χ1) is 26.1. The van der Waals surface area contributed by atoms with Crippen molar-refractivity contribution < 1.29 is 48.2 Å². The number of carbonyl (C=O) groups excluding carboxylic acids is 2. The third-order valence-corrected chi connectivity index (χ3v) is 8.60. The SMILES string of the molecule is CC/C=C\C/C=C\C/C=C\C/C=C\C/C=C\C/C=C\CCC(=O)O[C@H](COC(=O)CCCCCCC[C@@H](O)[C@H](O)C/C=C\CCCCC)COP(=O)(O)O. The molecule has 0 aromatic heterocycles. The van der Waals surface area contributed by atoms with E-state index in [1.165, 1.54) is 12.8 Å². The summed E-state index contributed by atoms with van der Waals surface area (Å²) in [6, 6.07) is 0. The van der Waals surface area contributed by atoms with Crippen LogP contribution in [0, 0.1) is 0 Å². The van der Waals surface area contributed by atoms with Crippen molar-refractivity contribution in [1.29, 1.82) is 0 Å². The molecule has 0 amide bonds. The molecule has 0 spiro atoms. The van der Waals surface area contributed by atoms with Gasteiger partial charge in [0.1, 0.15) is 6.61 Å². The molecule has 11 heteroatoms. The Morgan fingerprint density at radius 2 is 1.11 bits per heavy atom. The third kappa shape index (κ3) is 37.5. The standard InChI is InChI=1S/C43H71O10P/c1-3-5-7-9-11-12-13-14-15-16-17-18-19-20-21-22-23-27-32-36-43(47)53-39(38-52-54(48,49)50)37-51-42(46)35-31-28-24-26-30-34-41(45)40(44)33-29-25-10-8-6-4-2/h5,7,11-12,14-15,17-18,20-21,23,25,27,29,39-41,44-45H,3-4,6,8-10,13,16,19,22,24,26,28,30-38H2,1-2H3,(H2,48,49,50)/b7-5-,12-11-,15-14-,18-17-,21-20-,27-23-,29-25-/t39-,40-,41-/m1/s1. The van der Waals surface area contributed by atoms with Crippen molar-refractivity contribution in [3.05, 3.63) is 85.1 Å². The second kappa shape index (κ2) is 37.1. The lowest BCUT2D eigenvalue weighted by Crippen LogP contribution is -2.29. The molecule has 3 atom stereocenters. The first-order valence-electron chi connectivity index (χ1n) is 20.0. The number of rotatable bonds is 35. The maximum Gasteiger partial charge on any atom is 0.469 e. The molecule has 0 radical (unpaired) electrons. The van der Waals surface area contributed by atoms with Crippen LogP contribution < -0.4 is 0 Å². The van der Waals surface area contributed by atoms with E-state index in [1.54, 1.807) is 0 Å². The predicted octanol–water partition coefficient (Wildman–Crippen LogP) is 10.0. The summed E-state index contributed by atoms with van der Waals surface area (Å²) in [5.41, 5.74) is 0. The lowest BCUT2D eigenvalue weighted by atomic mass is 10.0. The fourth-order valence-electron chi connectivity index (χ4n) is 5.01. The van der Waals surface area contributed by atoms with E-state index in [1.807, 2.05) is 24.3 Å². The highest BCUT2D eigenvalue weighted by Gasteiger charge is 2.23. The van der Waals surface area contributed by atoms with E-state index in [9.17, 15) is 24.4 Å². The number of aliphatic hydroxyl groups is 2. The fourth-order valence-corrected chi connectivity index (χ4v) is 5.37. The number of allylic oxidation sites excluding steroid dienone is 13. The number of esters is 2.